The average Bonchev–Trinajstić information content (AvgIpc) is 2.96. The van der Waals surface area contributed by atoms with Crippen molar-refractivity contribution in [2.45, 2.75) is 32.7 Å². The number of β-amino-alcohol motifs (C(OH)–C–C–N with tert-alkyl or cyclic N) is 1. The Morgan fingerprint density at radius 2 is 1.81 bits per heavy atom. The first-order valence-corrected chi connectivity index (χ1v) is 7.97. The molecule has 6 nitrogen and oxygen atoms in total. The van der Waals surface area contributed by atoms with Gasteiger partial charge in [0, 0.05) is 45.2 Å². The number of rotatable bonds is 4. The number of likely N-dealkylation sites (tertiary alicyclic amines) is 1. The largest absolute Gasteiger partial charge is 0.395 e. The van der Waals surface area contributed by atoms with Crippen molar-refractivity contribution in [3.63, 3.8) is 0 Å². The average molecular weight is 297 g/mol. The van der Waals surface area contributed by atoms with Crippen molar-refractivity contribution >= 4 is 11.8 Å². The summed E-state index contributed by atoms with van der Waals surface area (Å²) in [6.07, 6.45) is 1.70. The summed E-state index contributed by atoms with van der Waals surface area (Å²) in [5, 5.41) is 8.95. The molecule has 1 N–H and O–H groups in total. The number of nitrogens with zero attached hydrogens (tertiary/aromatic N) is 3. The van der Waals surface area contributed by atoms with Crippen LogP contribution < -0.4 is 0 Å². The molecule has 0 saturated carbocycles. The van der Waals surface area contributed by atoms with E-state index < -0.39 is 0 Å². The Kier molecular flexibility index (Phi) is 5.58. The first kappa shape index (κ1) is 16.2. The fourth-order valence-electron chi connectivity index (χ4n) is 3.16. The van der Waals surface area contributed by atoms with Crippen LogP contribution >= 0.6 is 0 Å². The molecule has 1 unspecified atom stereocenters. The van der Waals surface area contributed by atoms with Crippen molar-refractivity contribution < 1.29 is 14.7 Å². The molecular weight excluding hydrogens is 270 g/mol. The number of piperazine rings is 1. The van der Waals surface area contributed by atoms with Crippen molar-refractivity contribution in [2.24, 2.45) is 5.92 Å². The van der Waals surface area contributed by atoms with Crippen LogP contribution in [0.25, 0.3) is 0 Å². The molecule has 1 atom stereocenters. The zero-order chi connectivity index (χ0) is 15.4. The molecule has 0 aliphatic carbocycles. The van der Waals surface area contributed by atoms with Crippen LogP contribution in [0, 0.1) is 5.92 Å². The van der Waals surface area contributed by atoms with Gasteiger partial charge in [0.25, 0.3) is 0 Å². The quantitative estimate of drug-likeness (QED) is 0.778. The van der Waals surface area contributed by atoms with E-state index in [2.05, 4.69) is 4.90 Å². The summed E-state index contributed by atoms with van der Waals surface area (Å²) in [6.45, 7) is 8.30. The predicted molar refractivity (Wildman–Crippen MR) is 79.7 cm³/mol. The van der Waals surface area contributed by atoms with Gasteiger partial charge in [0.15, 0.2) is 0 Å². The molecule has 2 aliphatic rings. The van der Waals surface area contributed by atoms with E-state index in [1.54, 1.807) is 4.90 Å². The van der Waals surface area contributed by atoms with Crippen LogP contribution in [-0.2, 0) is 9.59 Å². The first-order chi connectivity index (χ1) is 10.0. The van der Waals surface area contributed by atoms with E-state index >= 15 is 0 Å². The molecule has 0 radical (unpaired) electrons. The van der Waals surface area contributed by atoms with Crippen molar-refractivity contribution in [3.8, 4) is 0 Å². The molecule has 0 spiro atoms. The van der Waals surface area contributed by atoms with Crippen LogP contribution in [0.2, 0.25) is 0 Å². The Morgan fingerprint density at radius 1 is 1.14 bits per heavy atom. The molecule has 2 heterocycles. The lowest BCUT2D eigenvalue weighted by Gasteiger charge is -2.37. The van der Waals surface area contributed by atoms with Gasteiger partial charge in [-0.3, -0.25) is 14.5 Å². The second-order valence-electron chi connectivity index (χ2n) is 6.23. The van der Waals surface area contributed by atoms with E-state index in [9.17, 15) is 9.59 Å². The third kappa shape index (κ3) is 3.74. The smallest absolute Gasteiger partial charge is 0.245 e. The summed E-state index contributed by atoms with van der Waals surface area (Å²) in [5.74, 6) is 0.134. The number of aliphatic hydroxyl groups is 1. The van der Waals surface area contributed by atoms with Gasteiger partial charge in [-0.2, -0.15) is 0 Å². The molecule has 2 saturated heterocycles. The summed E-state index contributed by atoms with van der Waals surface area (Å²) < 4.78 is 0. The molecule has 120 valence electrons. The van der Waals surface area contributed by atoms with Gasteiger partial charge in [-0.05, 0) is 12.8 Å². The van der Waals surface area contributed by atoms with Crippen LogP contribution in [0.15, 0.2) is 0 Å². The highest BCUT2D eigenvalue weighted by atomic mass is 16.3. The minimum Gasteiger partial charge on any atom is -0.395 e. The Morgan fingerprint density at radius 3 is 2.38 bits per heavy atom. The van der Waals surface area contributed by atoms with E-state index in [1.807, 2.05) is 18.7 Å². The maximum absolute atomic E-state index is 12.7. The summed E-state index contributed by atoms with van der Waals surface area (Å²) >= 11 is 0. The maximum Gasteiger partial charge on any atom is 0.245 e. The molecule has 0 bridgehead atoms. The van der Waals surface area contributed by atoms with E-state index in [0.717, 1.165) is 25.9 Å². The van der Waals surface area contributed by atoms with E-state index in [4.69, 9.17) is 5.11 Å². The summed E-state index contributed by atoms with van der Waals surface area (Å²) in [4.78, 5) is 30.7. The number of hydrogen-bond acceptors (Lipinski definition) is 4. The molecule has 2 amide bonds. The lowest BCUT2D eigenvalue weighted by atomic mass is 10.1. The summed E-state index contributed by atoms with van der Waals surface area (Å²) in [5.41, 5.74) is 0. The Hall–Kier alpha value is -1.14. The van der Waals surface area contributed by atoms with E-state index in [-0.39, 0.29) is 30.4 Å². The Balaban J connectivity index is 1.92. The first-order valence-electron chi connectivity index (χ1n) is 7.97. The molecule has 0 aromatic rings. The molecule has 6 heteroatoms. The van der Waals surface area contributed by atoms with Gasteiger partial charge in [-0.15, -0.1) is 0 Å². The normalized spacial score (nSPS) is 23.9. The topological polar surface area (TPSA) is 64.1 Å². The molecule has 2 rings (SSSR count). The van der Waals surface area contributed by atoms with Crippen LogP contribution in [0.3, 0.4) is 0 Å². The SMILES string of the molecule is CC(C)C(=O)N1CCCC1C(=O)N1CCN(CCO)CC1. The maximum atomic E-state index is 12.7. The highest BCUT2D eigenvalue weighted by Gasteiger charge is 2.37. The highest BCUT2D eigenvalue weighted by molar-refractivity contribution is 5.89. The molecule has 0 aromatic heterocycles. The fraction of sp³-hybridized carbons (Fsp3) is 0.867. The van der Waals surface area contributed by atoms with Crippen LogP contribution in [-0.4, -0.2) is 83.5 Å². The Bertz CT molecular complexity index is 378. The van der Waals surface area contributed by atoms with E-state index in [0.29, 0.717) is 26.2 Å². The van der Waals surface area contributed by atoms with Gasteiger partial charge in [0.05, 0.1) is 6.61 Å². The van der Waals surface area contributed by atoms with Gasteiger partial charge in [-0.1, -0.05) is 13.8 Å². The minimum atomic E-state index is -0.260. The third-order valence-electron chi connectivity index (χ3n) is 4.42. The zero-order valence-electron chi connectivity index (χ0n) is 13.1. The number of amides is 2. The third-order valence-corrected chi connectivity index (χ3v) is 4.42. The Labute approximate surface area is 126 Å². The second kappa shape index (κ2) is 7.22. The number of hydrogen-bond donors (Lipinski definition) is 1. The van der Waals surface area contributed by atoms with Crippen molar-refractivity contribution in [2.75, 3.05) is 45.9 Å². The standard InChI is InChI=1S/C15H27N3O3/c1-12(2)14(20)18-5-3-4-13(18)15(21)17-8-6-16(7-9-17)10-11-19/h12-13,19H,3-11H2,1-2H3. The number of carbonyl (C=O) groups excluding carboxylic acids is 2. The zero-order valence-corrected chi connectivity index (χ0v) is 13.1. The van der Waals surface area contributed by atoms with Crippen LogP contribution in [0.5, 0.6) is 0 Å². The molecule has 21 heavy (non-hydrogen) atoms. The van der Waals surface area contributed by atoms with Crippen LogP contribution in [0.4, 0.5) is 0 Å². The summed E-state index contributed by atoms with van der Waals surface area (Å²) in [6, 6.07) is -0.260. The number of aliphatic hydroxyl groups excluding tert-OH is 1. The summed E-state index contributed by atoms with van der Waals surface area (Å²) in [7, 11) is 0. The second-order valence-corrected chi connectivity index (χ2v) is 6.23. The van der Waals surface area contributed by atoms with Crippen molar-refractivity contribution in [1.29, 1.82) is 0 Å². The molecular formula is C15H27N3O3. The number of carbonyl (C=O) groups is 2. The fourth-order valence-corrected chi connectivity index (χ4v) is 3.16. The molecule has 2 aliphatic heterocycles. The lowest BCUT2D eigenvalue weighted by molar-refractivity contribution is -0.146. The van der Waals surface area contributed by atoms with Gasteiger partial charge in [0.1, 0.15) is 6.04 Å². The highest BCUT2D eigenvalue weighted by Crippen LogP contribution is 2.22. The predicted octanol–water partition coefficient (Wildman–Crippen LogP) is -0.230. The van der Waals surface area contributed by atoms with Gasteiger partial charge >= 0.3 is 0 Å². The lowest BCUT2D eigenvalue weighted by Crippen LogP contribution is -2.55. The van der Waals surface area contributed by atoms with Gasteiger partial charge in [-0.25, -0.2) is 0 Å². The van der Waals surface area contributed by atoms with Crippen LogP contribution in [0.1, 0.15) is 26.7 Å². The molecule has 0 aromatic carbocycles. The molecule has 2 fully saturated rings. The van der Waals surface area contributed by atoms with Gasteiger partial charge in [0.2, 0.25) is 11.8 Å². The van der Waals surface area contributed by atoms with E-state index in [1.165, 1.54) is 0 Å². The van der Waals surface area contributed by atoms with Gasteiger partial charge < -0.3 is 14.9 Å². The van der Waals surface area contributed by atoms with Crippen molar-refractivity contribution in [3.05, 3.63) is 0 Å². The monoisotopic (exact) mass is 297 g/mol. The minimum absolute atomic E-state index is 0.0557. The van der Waals surface area contributed by atoms with Crippen molar-refractivity contribution in [1.82, 2.24) is 14.7 Å².